The molecule has 1 aliphatic rings. The van der Waals surface area contributed by atoms with Crippen molar-refractivity contribution in [2.75, 3.05) is 6.54 Å². The molecule has 0 aromatic carbocycles. The lowest BCUT2D eigenvalue weighted by atomic mass is 10.4. The fourth-order valence-corrected chi connectivity index (χ4v) is 1.27. The highest BCUT2D eigenvalue weighted by Gasteiger charge is 2.13. The molecule has 0 aromatic heterocycles. The third-order valence-electron chi connectivity index (χ3n) is 1.14. The summed E-state index contributed by atoms with van der Waals surface area (Å²) in [5.41, 5.74) is 0. The fraction of sp³-hybridized carbons (Fsp3) is 0.333. The van der Waals surface area contributed by atoms with E-state index < -0.39 is 6.55 Å². The molecule has 0 saturated carbocycles. The molecule has 10 heavy (non-hydrogen) atoms. The van der Waals surface area contributed by atoms with Gasteiger partial charge >= 0.3 is 6.55 Å². The SMILES string of the molecule is FC(F)N1C=CC=C(I)C1. The minimum absolute atomic E-state index is 0.328. The van der Waals surface area contributed by atoms with Crippen LogP contribution in [-0.2, 0) is 0 Å². The molecule has 0 amide bonds. The van der Waals surface area contributed by atoms with Gasteiger partial charge in [-0.2, -0.15) is 8.78 Å². The molecular formula is C6H6F2IN. The Hall–Kier alpha value is -0.130. The van der Waals surface area contributed by atoms with Crippen molar-refractivity contribution in [3.63, 3.8) is 0 Å². The maximum Gasteiger partial charge on any atom is 0.315 e. The van der Waals surface area contributed by atoms with Crippen molar-refractivity contribution in [2.24, 2.45) is 0 Å². The molecule has 0 aromatic rings. The maximum absolute atomic E-state index is 11.9. The maximum atomic E-state index is 11.9. The van der Waals surface area contributed by atoms with Crippen LogP contribution in [0.2, 0.25) is 0 Å². The van der Waals surface area contributed by atoms with E-state index >= 15 is 0 Å². The molecule has 0 saturated heterocycles. The molecule has 0 atom stereocenters. The van der Waals surface area contributed by atoms with E-state index in [1.165, 1.54) is 6.20 Å². The summed E-state index contributed by atoms with van der Waals surface area (Å²) >= 11 is 2.04. The molecule has 0 radical (unpaired) electrons. The summed E-state index contributed by atoms with van der Waals surface area (Å²) in [6, 6.07) is 0. The largest absolute Gasteiger partial charge is 0.318 e. The second-order valence-corrected chi connectivity index (χ2v) is 3.29. The van der Waals surface area contributed by atoms with E-state index in [0.29, 0.717) is 6.54 Å². The van der Waals surface area contributed by atoms with Gasteiger partial charge in [0.2, 0.25) is 0 Å². The average molecular weight is 257 g/mol. The number of halogens is 3. The molecule has 1 rings (SSSR count). The van der Waals surface area contributed by atoms with Crippen molar-refractivity contribution >= 4 is 22.6 Å². The average Bonchev–Trinajstić information content (AvgIpc) is 1.88. The Kier molecular flexibility index (Phi) is 2.64. The Morgan fingerprint density at radius 1 is 1.60 bits per heavy atom. The lowest BCUT2D eigenvalue weighted by Gasteiger charge is -2.20. The lowest BCUT2D eigenvalue weighted by Crippen LogP contribution is -2.25. The van der Waals surface area contributed by atoms with Crippen molar-refractivity contribution in [3.8, 4) is 0 Å². The van der Waals surface area contributed by atoms with Crippen LogP contribution in [0.15, 0.2) is 21.9 Å². The summed E-state index contributed by atoms with van der Waals surface area (Å²) in [4.78, 5) is 0.988. The van der Waals surface area contributed by atoms with Crippen LogP contribution in [0, 0.1) is 0 Å². The summed E-state index contributed by atoms with van der Waals surface area (Å²) in [6.45, 7) is -2.05. The van der Waals surface area contributed by atoms with Gasteiger partial charge in [-0.25, -0.2) is 0 Å². The van der Waals surface area contributed by atoms with Gasteiger partial charge < -0.3 is 4.90 Å². The highest BCUT2D eigenvalue weighted by Crippen LogP contribution is 2.16. The molecule has 1 aliphatic heterocycles. The van der Waals surface area contributed by atoms with Crippen LogP contribution in [0.4, 0.5) is 8.78 Å². The predicted molar refractivity (Wildman–Crippen MR) is 44.0 cm³/mol. The van der Waals surface area contributed by atoms with Crippen molar-refractivity contribution in [1.82, 2.24) is 4.90 Å². The van der Waals surface area contributed by atoms with Crippen molar-refractivity contribution in [1.29, 1.82) is 0 Å². The van der Waals surface area contributed by atoms with Gasteiger partial charge in [0.05, 0.1) is 6.54 Å². The summed E-state index contributed by atoms with van der Waals surface area (Å²) in [7, 11) is 0. The first-order chi connectivity index (χ1) is 4.70. The van der Waals surface area contributed by atoms with Crippen molar-refractivity contribution < 1.29 is 8.78 Å². The Balaban J connectivity index is 2.55. The van der Waals surface area contributed by atoms with Gasteiger partial charge in [0, 0.05) is 9.78 Å². The first kappa shape index (κ1) is 7.97. The first-order valence-electron chi connectivity index (χ1n) is 2.77. The summed E-state index contributed by atoms with van der Waals surface area (Å²) in [6.07, 6.45) is 4.84. The molecule has 0 spiro atoms. The third-order valence-corrected chi connectivity index (χ3v) is 1.84. The standard InChI is InChI=1S/C6H6F2IN/c7-6(8)10-3-1-2-5(9)4-10/h1-3,6H,4H2. The molecule has 56 valence electrons. The second-order valence-electron chi connectivity index (χ2n) is 1.91. The molecule has 0 fully saturated rings. The molecule has 0 unspecified atom stereocenters. The molecule has 4 heteroatoms. The molecule has 0 bridgehead atoms. The third kappa shape index (κ3) is 1.93. The number of allylic oxidation sites excluding steroid dienone is 2. The van der Waals surface area contributed by atoms with Crippen molar-refractivity contribution in [2.45, 2.75) is 6.55 Å². The van der Waals surface area contributed by atoms with E-state index in [4.69, 9.17) is 0 Å². The van der Waals surface area contributed by atoms with E-state index in [0.717, 1.165) is 8.48 Å². The molecule has 0 N–H and O–H groups in total. The van der Waals surface area contributed by atoms with Crippen LogP contribution in [-0.4, -0.2) is 18.0 Å². The number of alkyl halides is 2. The van der Waals surface area contributed by atoms with Gasteiger partial charge in [-0.3, -0.25) is 0 Å². The van der Waals surface area contributed by atoms with Gasteiger partial charge in [0.1, 0.15) is 0 Å². The zero-order valence-electron chi connectivity index (χ0n) is 5.10. The van der Waals surface area contributed by atoms with Gasteiger partial charge in [0.15, 0.2) is 0 Å². The van der Waals surface area contributed by atoms with E-state index in [1.54, 1.807) is 6.08 Å². The van der Waals surface area contributed by atoms with Crippen LogP contribution in [0.1, 0.15) is 0 Å². The predicted octanol–water partition coefficient (Wildman–Crippen LogP) is 2.36. The van der Waals surface area contributed by atoms with Gasteiger partial charge in [-0.05, 0) is 34.7 Å². The van der Waals surface area contributed by atoms with Crippen molar-refractivity contribution in [3.05, 3.63) is 21.9 Å². The van der Waals surface area contributed by atoms with Gasteiger partial charge in [-0.15, -0.1) is 0 Å². The summed E-state index contributed by atoms with van der Waals surface area (Å²) in [5.74, 6) is 0. The van der Waals surface area contributed by atoms with Gasteiger partial charge in [-0.1, -0.05) is 0 Å². The Morgan fingerprint density at radius 2 is 2.30 bits per heavy atom. The minimum Gasteiger partial charge on any atom is -0.318 e. The van der Waals surface area contributed by atoms with Crippen LogP contribution in [0.25, 0.3) is 0 Å². The first-order valence-corrected chi connectivity index (χ1v) is 3.85. The quantitative estimate of drug-likeness (QED) is 0.515. The Morgan fingerprint density at radius 3 is 2.70 bits per heavy atom. The number of rotatable bonds is 1. The van der Waals surface area contributed by atoms with Crippen LogP contribution in [0.5, 0.6) is 0 Å². The number of nitrogens with zero attached hydrogens (tertiary/aromatic N) is 1. The van der Waals surface area contributed by atoms with Crippen LogP contribution < -0.4 is 0 Å². The van der Waals surface area contributed by atoms with E-state index in [9.17, 15) is 8.78 Å². The smallest absolute Gasteiger partial charge is 0.315 e. The molecule has 1 nitrogen and oxygen atoms in total. The summed E-state index contributed by atoms with van der Waals surface area (Å²) < 4.78 is 24.8. The van der Waals surface area contributed by atoms with E-state index in [-0.39, 0.29) is 0 Å². The minimum atomic E-state index is -2.38. The Labute approximate surface area is 71.5 Å². The second kappa shape index (κ2) is 3.32. The fourth-order valence-electron chi connectivity index (χ4n) is 0.672. The number of hydrogen-bond acceptors (Lipinski definition) is 1. The topological polar surface area (TPSA) is 3.24 Å². The highest BCUT2D eigenvalue weighted by molar-refractivity contribution is 14.1. The summed E-state index contributed by atoms with van der Waals surface area (Å²) in [5, 5.41) is 0. The molecule has 1 heterocycles. The van der Waals surface area contributed by atoms with E-state index in [1.807, 2.05) is 28.7 Å². The van der Waals surface area contributed by atoms with Crippen LogP contribution in [0.3, 0.4) is 0 Å². The molecule has 0 aliphatic carbocycles. The van der Waals surface area contributed by atoms with Crippen LogP contribution >= 0.6 is 22.6 Å². The zero-order valence-corrected chi connectivity index (χ0v) is 7.26. The van der Waals surface area contributed by atoms with Gasteiger partial charge in [0.25, 0.3) is 0 Å². The van der Waals surface area contributed by atoms with E-state index in [2.05, 4.69) is 0 Å². The highest BCUT2D eigenvalue weighted by atomic mass is 127. The number of hydrogen-bond donors (Lipinski definition) is 0. The lowest BCUT2D eigenvalue weighted by molar-refractivity contribution is 0.0123. The molecular weight excluding hydrogens is 251 g/mol. The Bertz CT molecular complexity index is 177. The zero-order chi connectivity index (χ0) is 7.56. The monoisotopic (exact) mass is 257 g/mol. The normalized spacial score (nSPS) is 18.0.